The van der Waals surface area contributed by atoms with Crippen LogP contribution >= 0.6 is 0 Å². The minimum Gasteiger partial charge on any atom is -0.394 e. The van der Waals surface area contributed by atoms with Crippen LogP contribution in [-0.2, 0) is 42.6 Å². The summed E-state index contributed by atoms with van der Waals surface area (Å²) < 4.78 is 54.6. The van der Waals surface area contributed by atoms with Gasteiger partial charge in [0.25, 0.3) is 0 Å². The fraction of sp³-hybridized carbons (Fsp3) is 0.961. The molecule has 0 bridgehead atoms. The van der Waals surface area contributed by atoms with Crippen LogP contribution < -0.4 is 0 Å². The molecular weight excluding hydrogens is 965 g/mol. The van der Waals surface area contributed by atoms with Crippen molar-refractivity contribution in [1.29, 1.82) is 0 Å². The number of ether oxygens (including phenoxy) is 9. The predicted octanol–water partition coefficient (Wildman–Crippen LogP) is -1.98. The zero-order chi connectivity index (χ0) is 52.8. The second-order valence-corrected chi connectivity index (χ2v) is 23.8. The first-order chi connectivity index (χ1) is 34.5. The summed E-state index contributed by atoms with van der Waals surface area (Å²) in [4.78, 5) is 0. The van der Waals surface area contributed by atoms with E-state index in [0.717, 1.165) is 32.1 Å². The number of hydrogen-bond donors (Lipinski definition) is 13. The van der Waals surface area contributed by atoms with E-state index in [-0.39, 0.29) is 41.3 Å². The number of aliphatic hydroxyl groups is 13. The molecule has 0 aromatic heterocycles. The average Bonchev–Trinajstić information content (AvgIpc) is 3.80. The van der Waals surface area contributed by atoms with Gasteiger partial charge in [0.1, 0.15) is 85.5 Å². The molecule has 5 heterocycles. The monoisotopic (exact) mass is 1050 g/mol. The van der Waals surface area contributed by atoms with Crippen LogP contribution in [0.5, 0.6) is 0 Å². The lowest BCUT2D eigenvalue weighted by Crippen LogP contribution is -2.66. The third kappa shape index (κ3) is 10.2. The van der Waals surface area contributed by atoms with Crippen LogP contribution in [0.2, 0.25) is 0 Å². The summed E-state index contributed by atoms with van der Waals surface area (Å²) in [6.45, 7) is 10.7. The molecule has 9 rings (SSSR count). The van der Waals surface area contributed by atoms with Gasteiger partial charge in [-0.1, -0.05) is 39.3 Å². The van der Waals surface area contributed by atoms with Gasteiger partial charge in [-0.15, -0.1) is 0 Å². The Morgan fingerprint density at radius 2 is 1.23 bits per heavy atom. The molecular formula is C51H84O22. The normalized spacial score (nSPS) is 55.5. The summed E-state index contributed by atoms with van der Waals surface area (Å²) in [6.07, 6.45) is -20.5. The van der Waals surface area contributed by atoms with E-state index >= 15 is 0 Å². The Bertz CT molecular complexity index is 1900. The minimum atomic E-state index is -1.75. The van der Waals surface area contributed by atoms with Gasteiger partial charge in [0, 0.05) is 12.3 Å². The van der Waals surface area contributed by atoms with Crippen LogP contribution in [0.25, 0.3) is 0 Å². The lowest BCUT2D eigenvalue weighted by molar-refractivity contribution is -0.388. The van der Waals surface area contributed by atoms with Crippen molar-refractivity contribution in [3.05, 3.63) is 11.6 Å². The third-order valence-electron chi connectivity index (χ3n) is 19.5. The van der Waals surface area contributed by atoms with Crippen molar-refractivity contribution in [2.24, 2.45) is 46.3 Å². The van der Waals surface area contributed by atoms with Crippen molar-refractivity contribution in [3.63, 3.8) is 0 Å². The highest BCUT2D eigenvalue weighted by Crippen LogP contribution is 2.70. The Hall–Kier alpha value is -1.14. The van der Waals surface area contributed by atoms with Crippen molar-refractivity contribution in [1.82, 2.24) is 0 Å². The number of aliphatic hydroxyl groups excluding tert-OH is 12. The second kappa shape index (κ2) is 21.8. The predicted molar refractivity (Wildman–Crippen MR) is 249 cm³/mol. The summed E-state index contributed by atoms with van der Waals surface area (Å²) in [6, 6.07) is 0. The molecule has 0 amide bonds. The highest BCUT2D eigenvalue weighted by molar-refractivity contribution is 5.26. The van der Waals surface area contributed by atoms with Gasteiger partial charge in [-0.3, -0.25) is 0 Å². The molecule has 0 aromatic rings. The van der Waals surface area contributed by atoms with E-state index in [9.17, 15) is 66.4 Å². The number of fused-ring (bicyclic) bond motifs is 7. The molecule has 4 aliphatic carbocycles. The van der Waals surface area contributed by atoms with Crippen molar-refractivity contribution in [3.8, 4) is 0 Å². The molecule has 22 nitrogen and oxygen atoms in total. The van der Waals surface area contributed by atoms with E-state index < -0.39 is 148 Å². The van der Waals surface area contributed by atoms with Gasteiger partial charge >= 0.3 is 0 Å². The van der Waals surface area contributed by atoms with Crippen LogP contribution in [0.4, 0.5) is 0 Å². The first-order valence-electron chi connectivity index (χ1n) is 26.8. The molecule has 13 N–H and O–H groups in total. The molecule has 8 fully saturated rings. The van der Waals surface area contributed by atoms with Gasteiger partial charge in [-0.2, -0.15) is 0 Å². The van der Waals surface area contributed by atoms with Gasteiger partial charge in [-0.05, 0) is 106 Å². The highest BCUT2D eigenvalue weighted by atomic mass is 16.8. The summed E-state index contributed by atoms with van der Waals surface area (Å²) in [5.41, 5.74) is 1.07. The standard InChI is InChI=1S/C51H84O22/c1-20(19-65-45-39(60)38(59)35(56)30(17-52)69-45)9-14-51(64)21(2)32-29(73-51)16-28-26-8-7-24-15-25(10-12-49(24,5)27(26)11-13-50(28,32)6)68-48-44(72-47-41(62)37(58)34(55)23(4)67-47)42(63)43(31(18-53)70-48)71-46-40(61)36(57)33(54)22(3)66-46/h7,20-23,25-48,52-64H,8-19H2,1-6H3/t20?,21?,22?,23?,25?,26-,27-,28+,29+,30?,31?,32-,33?,34?,35?,36?,37?,38?,39?,40?,41?,42?,43?,44?,45?,46?,47?,48?,49+,50+,51-/m1/s1. The SMILES string of the molecule is CC(CC[C@@]1(O)O[C@H]2C[C@H]3[C@@H]4CC=C5CC(OC6OC(CO)C(OC7OC(C)C(O)C(O)C7O)C(O)C6OC6OC(C)C(O)C(O)C6O)CC[C@]5(C)[C@@H]4CC[C@]3(C)[C@@H]2C1C)COC1OC(CO)C(O)C(O)C1O. The van der Waals surface area contributed by atoms with Crippen LogP contribution in [0.15, 0.2) is 11.6 Å². The molecule has 420 valence electrons. The van der Waals surface area contributed by atoms with Crippen LogP contribution in [0.1, 0.15) is 99.3 Å². The van der Waals surface area contributed by atoms with E-state index in [1.807, 2.05) is 6.92 Å². The summed E-state index contributed by atoms with van der Waals surface area (Å²) in [5, 5.41) is 139. The molecule has 22 heteroatoms. The summed E-state index contributed by atoms with van der Waals surface area (Å²) >= 11 is 0. The molecule has 0 spiro atoms. The molecule has 3 saturated carbocycles. The van der Waals surface area contributed by atoms with Crippen molar-refractivity contribution in [2.75, 3.05) is 19.8 Å². The first kappa shape index (κ1) is 56.6. The Morgan fingerprint density at radius 3 is 1.86 bits per heavy atom. The van der Waals surface area contributed by atoms with Crippen LogP contribution in [-0.4, -0.2) is 227 Å². The zero-order valence-electron chi connectivity index (χ0n) is 42.7. The van der Waals surface area contributed by atoms with E-state index in [0.29, 0.717) is 43.4 Å². The van der Waals surface area contributed by atoms with E-state index in [1.165, 1.54) is 19.4 Å². The van der Waals surface area contributed by atoms with E-state index in [4.69, 9.17) is 42.6 Å². The average molecular weight is 1050 g/mol. The molecule has 0 radical (unpaired) electrons. The Balaban J connectivity index is 0.846. The Labute approximate surface area is 426 Å². The van der Waals surface area contributed by atoms with Gasteiger partial charge in [-0.25, -0.2) is 0 Å². The van der Waals surface area contributed by atoms with Gasteiger partial charge < -0.3 is 109 Å². The number of hydrogen-bond acceptors (Lipinski definition) is 22. The number of rotatable bonds is 14. The number of allylic oxidation sites excluding steroid dienone is 1. The molecule has 23 unspecified atom stereocenters. The highest BCUT2D eigenvalue weighted by Gasteiger charge is 2.68. The molecule has 9 aliphatic rings. The smallest absolute Gasteiger partial charge is 0.187 e. The fourth-order valence-electron chi connectivity index (χ4n) is 14.9. The summed E-state index contributed by atoms with van der Waals surface area (Å²) in [5.74, 6) is -0.232. The fourth-order valence-corrected chi connectivity index (χ4v) is 14.9. The molecule has 5 saturated heterocycles. The molecule has 73 heavy (non-hydrogen) atoms. The van der Waals surface area contributed by atoms with Crippen molar-refractivity contribution < 1.29 is 109 Å². The molecule has 5 aliphatic heterocycles. The Morgan fingerprint density at radius 1 is 0.644 bits per heavy atom. The van der Waals surface area contributed by atoms with Gasteiger partial charge in [0.2, 0.25) is 0 Å². The summed E-state index contributed by atoms with van der Waals surface area (Å²) in [7, 11) is 0. The first-order valence-corrected chi connectivity index (χ1v) is 26.8. The lowest BCUT2D eigenvalue weighted by atomic mass is 9.47. The van der Waals surface area contributed by atoms with Crippen molar-refractivity contribution >= 4 is 0 Å². The van der Waals surface area contributed by atoms with E-state index in [2.05, 4.69) is 26.8 Å². The largest absolute Gasteiger partial charge is 0.394 e. The zero-order valence-corrected chi connectivity index (χ0v) is 42.7. The van der Waals surface area contributed by atoms with Crippen LogP contribution in [0, 0.1) is 46.3 Å². The van der Waals surface area contributed by atoms with Gasteiger partial charge in [0.15, 0.2) is 30.9 Å². The second-order valence-electron chi connectivity index (χ2n) is 23.8. The lowest BCUT2D eigenvalue weighted by Gasteiger charge is -2.58. The Kier molecular flexibility index (Phi) is 16.9. The maximum Gasteiger partial charge on any atom is 0.187 e. The maximum absolute atomic E-state index is 12.1. The van der Waals surface area contributed by atoms with Crippen molar-refractivity contribution in [2.45, 2.75) is 240 Å². The molecule has 31 atom stereocenters. The maximum atomic E-state index is 12.1. The topological polar surface area (TPSA) is 346 Å². The van der Waals surface area contributed by atoms with Crippen LogP contribution in [0.3, 0.4) is 0 Å². The van der Waals surface area contributed by atoms with E-state index in [1.54, 1.807) is 0 Å². The molecule has 0 aromatic carbocycles. The quantitative estimate of drug-likeness (QED) is 0.0839. The minimum absolute atomic E-state index is 0.0589. The third-order valence-corrected chi connectivity index (χ3v) is 19.5. The van der Waals surface area contributed by atoms with Gasteiger partial charge in [0.05, 0.1) is 44.2 Å².